The number of para-hydroxylation sites is 1. The molecule has 0 saturated carbocycles. The molecule has 2 heterocycles. The third kappa shape index (κ3) is 3.86. The van der Waals surface area contributed by atoms with Crippen LogP contribution in [0.3, 0.4) is 0 Å². The van der Waals surface area contributed by atoms with Crippen LogP contribution in [0.15, 0.2) is 30.5 Å². The number of carbonyl (C=O) groups is 2. The van der Waals surface area contributed by atoms with Crippen LogP contribution in [-0.2, 0) is 11.3 Å². The minimum atomic E-state index is -1.00. The molecular weight excluding hydrogens is 366 g/mol. The van der Waals surface area contributed by atoms with E-state index in [0.29, 0.717) is 29.4 Å². The van der Waals surface area contributed by atoms with Crippen molar-refractivity contribution in [1.82, 2.24) is 14.9 Å². The van der Waals surface area contributed by atoms with Crippen LogP contribution >= 0.6 is 11.3 Å². The first-order valence-corrected chi connectivity index (χ1v) is 9.32. The summed E-state index contributed by atoms with van der Waals surface area (Å²) in [5, 5.41) is 13.5. The minimum absolute atomic E-state index is 0.197. The molecule has 0 fully saturated rings. The normalized spacial score (nSPS) is 12.3. The molecule has 2 N–H and O–H groups in total. The Bertz CT molecular complexity index is 992. The highest BCUT2D eigenvalue weighted by Gasteiger charge is 2.21. The molecule has 27 heavy (non-hydrogen) atoms. The summed E-state index contributed by atoms with van der Waals surface area (Å²) in [5.74, 6) is -1.23. The maximum atomic E-state index is 12.9. The van der Waals surface area contributed by atoms with Crippen molar-refractivity contribution >= 4 is 34.1 Å². The Hall–Kier alpha value is -2.71. The number of carboxylic acid groups (broad SMARTS) is 1. The maximum absolute atomic E-state index is 12.9. The SMILES string of the molecule is COCCn1cc(C(=O)NC(C)c2nc(C)c(C(=O)O)s2)c2ccccc21. The number of hydrogen-bond donors (Lipinski definition) is 2. The lowest BCUT2D eigenvalue weighted by Crippen LogP contribution is -2.26. The molecule has 3 aromatic rings. The molecule has 1 amide bonds. The van der Waals surface area contributed by atoms with Gasteiger partial charge < -0.3 is 19.7 Å². The Labute approximate surface area is 160 Å². The van der Waals surface area contributed by atoms with E-state index in [-0.39, 0.29) is 10.8 Å². The van der Waals surface area contributed by atoms with Crippen molar-refractivity contribution in [3.05, 3.63) is 51.6 Å². The summed E-state index contributed by atoms with van der Waals surface area (Å²) in [7, 11) is 1.64. The van der Waals surface area contributed by atoms with Gasteiger partial charge in [-0.25, -0.2) is 9.78 Å². The number of carbonyl (C=O) groups excluding carboxylic acids is 1. The lowest BCUT2D eigenvalue weighted by Gasteiger charge is -2.10. The van der Waals surface area contributed by atoms with Crippen LogP contribution in [0.5, 0.6) is 0 Å². The number of aryl methyl sites for hydroxylation is 1. The molecule has 0 aliphatic heterocycles. The molecule has 2 aromatic heterocycles. The van der Waals surface area contributed by atoms with Crippen molar-refractivity contribution in [1.29, 1.82) is 0 Å². The number of hydrogen-bond acceptors (Lipinski definition) is 5. The Kier molecular flexibility index (Phi) is 5.57. The van der Waals surface area contributed by atoms with Gasteiger partial charge in [-0.15, -0.1) is 11.3 Å². The third-order valence-corrected chi connectivity index (χ3v) is 5.62. The zero-order chi connectivity index (χ0) is 19.6. The molecule has 8 heteroatoms. The Morgan fingerprint density at radius 3 is 2.78 bits per heavy atom. The quantitative estimate of drug-likeness (QED) is 0.649. The Balaban J connectivity index is 1.85. The second-order valence-electron chi connectivity index (χ2n) is 6.21. The smallest absolute Gasteiger partial charge is 0.347 e. The monoisotopic (exact) mass is 387 g/mol. The standard InChI is InChI=1S/C19H21N3O4S/c1-11-16(19(24)25)27-18(21-11)12(2)20-17(23)14-10-22(8-9-26-3)15-7-5-4-6-13(14)15/h4-7,10,12H,8-9H2,1-3H3,(H,20,23)(H,24,25). The number of methoxy groups -OCH3 is 1. The van der Waals surface area contributed by atoms with E-state index in [1.807, 2.05) is 35.0 Å². The maximum Gasteiger partial charge on any atom is 0.347 e. The van der Waals surface area contributed by atoms with E-state index < -0.39 is 12.0 Å². The zero-order valence-corrected chi connectivity index (χ0v) is 16.2. The molecule has 3 rings (SSSR count). The summed E-state index contributed by atoms with van der Waals surface area (Å²) in [6, 6.07) is 7.31. The lowest BCUT2D eigenvalue weighted by molar-refractivity contribution is 0.0701. The van der Waals surface area contributed by atoms with Crippen LogP contribution in [0, 0.1) is 6.92 Å². The molecular formula is C19H21N3O4S. The average molecular weight is 387 g/mol. The van der Waals surface area contributed by atoms with Gasteiger partial charge in [0.2, 0.25) is 0 Å². The number of thiazole rings is 1. The average Bonchev–Trinajstić information content (AvgIpc) is 3.21. The number of benzene rings is 1. The number of fused-ring (bicyclic) bond motifs is 1. The molecule has 1 aromatic carbocycles. The molecule has 0 spiro atoms. The molecule has 0 aliphatic rings. The van der Waals surface area contributed by atoms with Gasteiger partial charge in [0.05, 0.1) is 23.9 Å². The molecule has 1 unspecified atom stereocenters. The van der Waals surface area contributed by atoms with E-state index in [0.717, 1.165) is 22.2 Å². The van der Waals surface area contributed by atoms with E-state index >= 15 is 0 Å². The zero-order valence-electron chi connectivity index (χ0n) is 15.4. The topological polar surface area (TPSA) is 93.5 Å². The highest BCUT2D eigenvalue weighted by molar-refractivity contribution is 7.13. The van der Waals surface area contributed by atoms with Crippen molar-refractivity contribution in [3.8, 4) is 0 Å². The van der Waals surface area contributed by atoms with Gasteiger partial charge in [0.15, 0.2) is 0 Å². The van der Waals surface area contributed by atoms with Gasteiger partial charge in [-0.1, -0.05) is 18.2 Å². The molecule has 0 saturated heterocycles. The van der Waals surface area contributed by atoms with E-state index in [9.17, 15) is 14.7 Å². The van der Waals surface area contributed by atoms with Gasteiger partial charge in [0.25, 0.3) is 5.91 Å². The third-order valence-electron chi connectivity index (χ3n) is 4.29. The summed E-state index contributed by atoms with van der Waals surface area (Å²) in [6.45, 7) is 4.65. The van der Waals surface area contributed by atoms with Crippen molar-refractivity contribution in [2.24, 2.45) is 0 Å². The van der Waals surface area contributed by atoms with Gasteiger partial charge in [0.1, 0.15) is 9.88 Å². The number of amides is 1. The van der Waals surface area contributed by atoms with Gasteiger partial charge in [-0.05, 0) is 19.9 Å². The van der Waals surface area contributed by atoms with Crippen LogP contribution in [0.4, 0.5) is 0 Å². The molecule has 0 aliphatic carbocycles. The second-order valence-corrected chi connectivity index (χ2v) is 7.24. The number of rotatable bonds is 7. The van der Waals surface area contributed by atoms with E-state index in [4.69, 9.17) is 4.74 Å². The fourth-order valence-corrected chi connectivity index (χ4v) is 3.85. The molecule has 142 valence electrons. The Morgan fingerprint density at radius 2 is 2.11 bits per heavy atom. The lowest BCUT2D eigenvalue weighted by atomic mass is 10.1. The van der Waals surface area contributed by atoms with Gasteiger partial charge in [0, 0.05) is 30.8 Å². The summed E-state index contributed by atoms with van der Waals surface area (Å²) < 4.78 is 7.14. The summed E-state index contributed by atoms with van der Waals surface area (Å²) in [5.41, 5.74) is 1.99. The first-order valence-electron chi connectivity index (χ1n) is 8.50. The number of aromatic nitrogens is 2. The number of carboxylic acids is 1. The minimum Gasteiger partial charge on any atom is -0.477 e. The van der Waals surface area contributed by atoms with Gasteiger partial charge >= 0.3 is 5.97 Å². The highest BCUT2D eigenvalue weighted by Crippen LogP contribution is 2.25. The van der Waals surface area contributed by atoms with E-state index in [1.165, 1.54) is 0 Å². The van der Waals surface area contributed by atoms with Crippen molar-refractivity contribution in [2.75, 3.05) is 13.7 Å². The van der Waals surface area contributed by atoms with Crippen molar-refractivity contribution < 1.29 is 19.4 Å². The van der Waals surface area contributed by atoms with Crippen LogP contribution in [0.25, 0.3) is 10.9 Å². The number of aromatic carboxylic acids is 1. The first kappa shape index (κ1) is 19.1. The molecule has 0 bridgehead atoms. The number of nitrogens with one attached hydrogen (secondary N) is 1. The van der Waals surface area contributed by atoms with Gasteiger partial charge in [-0.3, -0.25) is 4.79 Å². The molecule has 1 atom stereocenters. The predicted molar refractivity (Wildman–Crippen MR) is 104 cm³/mol. The van der Waals surface area contributed by atoms with Crippen molar-refractivity contribution in [3.63, 3.8) is 0 Å². The van der Waals surface area contributed by atoms with E-state index in [2.05, 4.69) is 10.3 Å². The van der Waals surface area contributed by atoms with Crippen molar-refractivity contribution in [2.45, 2.75) is 26.4 Å². The number of ether oxygens (including phenoxy) is 1. The van der Waals surface area contributed by atoms with Crippen LogP contribution in [0.1, 0.15) is 43.7 Å². The number of nitrogens with zero attached hydrogens (tertiary/aromatic N) is 2. The predicted octanol–water partition coefficient (Wildman–Crippen LogP) is 3.24. The van der Waals surface area contributed by atoms with Crippen LogP contribution < -0.4 is 5.32 Å². The molecule has 7 nitrogen and oxygen atoms in total. The second kappa shape index (κ2) is 7.89. The highest BCUT2D eigenvalue weighted by atomic mass is 32.1. The van der Waals surface area contributed by atoms with E-state index in [1.54, 1.807) is 21.0 Å². The Morgan fingerprint density at radius 1 is 1.37 bits per heavy atom. The fraction of sp³-hybridized carbons (Fsp3) is 0.316. The largest absolute Gasteiger partial charge is 0.477 e. The summed E-state index contributed by atoms with van der Waals surface area (Å²) in [6.07, 6.45) is 1.82. The first-order chi connectivity index (χ1) is 12.9. The summed E-state index contributed by atoms with van der Waals surface area (Å²) >= 11 is 1.09. The molecule has 0 radical (unpaired) electrons. The van der Waals surface area contributed by atoms with Crippen LogP contribution in [0.2, 0.25) is 0 Å². The van der Waals surface area contributed by atoms with Gasteiger partial charge in [-0.2, -0.15) is 0 Å². The summed E-state index contributed by atoms with van der Waals surface area (Å²) in [4.78, 5) is 28.6. The van der Waals surface area contributed by atoms with Crippen LogP contribution in [-0.4, -0.2) is 40.3 Å². The fourth-order valence-electron chi connectivity index (χ4n) is 2.94.